The van der Waals surface area contributed by atoms with Crippen LogP contribution >= 0.6 is 11.3 Å². The fraction of sp³-hybridized carbons (Fsp3) is 0.429. The van der Waals surface area contributed by atoms with Crippen molar-refractivity contribution in [1.29, 1.82) is 0 Å². The summed E-state index contributed by atoms with van der Waals surface area (Å²) in [6.07, 6.45) is -3.59. The zero-order valence-electron chi connectivity index (χ0n) is 16.9. The molecule has 1 aromatic carbocycles. The standard InChI is InChI=1S/C21H21F3N2O4S/c1-29-17-6-3-11(9-18(17)30-2)16-8-12-7-13(21(22,23)24)4-5-15(12)26(16)20-25-14(10-31-20)19(27)28/h3,6,9-10,13,16H,4-5,7-8H2,1-2H3,(H,27,28). The number of carboxylic acids is 1. The summed E-state index contributed by atoms with van der Waals surface area (Å²) in [5.74, 6) is -1.43. The van der Waals surface area contributed by atoms with Crippen LogP contribution in [0.15, 0.2) is 34.8 Å². The topological polar surface area (TPSA) is 71.9 Å². The number of hydrogen-bond acceptors (Lipinski definition) is 6. The minimum Gasteiger partial charge on any atom is -0.493 e. The number of carboxylic acid groups (broad SMARTS) is 1. The maximum absolute atomic E-state index is 13.4. The van der Waals surface area contributed by atoms with Gasteiger partial charge in [-0.15, -0.1) is 11.3 Å². The molecule has 6 nitrogen and oxygen atoms in total. The van der Waals surface area contributed by atoms with Gasteiger partial charge in [0.05, 0.1) is 26.2 Å². The van der Waals surface area contributed by atoms with Crippen LogP contribution in [-0.4, -0.2) is 36.5 Å². The lowest BCUT2D eigenvalue weighted by atomic mass is 9.85. The van der Waals surface area contributed by atoms with Crippen molar-refractivity contribution in [1.82, 2.24) is 4.98 Å². The van der Waals surface area contributed by atoms with Crippen LogP contribution in [0.3, 0.4) is 0 Å². The van der Waals surface area contributed by atoms with E-state index in [0.29, 0.717) is 23.1 Å². The highest BCUT2D eigenvalue weighted by Gasteiger charge is 2.46. The van der Waals surface area contributed by atoms with Crippen molar-refractivity contribution >= 4 is 22.4 Å². The number of benzene rings is 1. The zero-order chi connectivity index (χ0) is 22.3. The number of aromatic nitrogens is 1. The highest BCUT2D eigenvalue weighted by atomic mass is 32.1. The zero-order valence-corrected chi connectivity index (χ0v) is 17.7. The van der Waals surface area contributed by atoms with Gasteiger partial charge in [-0.05, 0) is 49.0 Å². The van der Waals surface area contributed by atoms with E-state index in [1.807, 2.05) is 17.0 Å². The molecule has 2 atom stereocenters. The van der Waals surface area contributed by atoms with Crippen LogP contribution in [-0.2, 0) is 0 Å². The lowest BCUT2D eigenvalue weighted by Gasteiger charge is -2.31. The minimum atomic E-state index is -4.23. The summed E-state index contributed by atoms with van der Waals surface area (Å²) in [6, 6.07) is 5.11. The molecule has 0 bridgehead atoms. The predicted octanol–water partition coefficient (Wildman–Crippen LogP) is 5.43. The van der Waals surface area contributed by atoms with E-state index in [9.17, 15) is 23.1 Å². The number of hydrogen-bond donors (Lipinski definition) is 1. The van der Waals surface area contributed by atoms with Crippen LogP contribution in [0.2, 0.25) is 0 Å². The molecule has 2 unspecified atom stereocenters. The normalized spacial score (nSPS) is 21.3. The van der Waals surface area contributed by atoms with E-state index in [0.717, 1.165) is 16.8 Å². The molecule has 0 saturated carbocycles. The van der Waals surface area contributed by atoms with Gasteiger partial charge < -0.3 is 19.5 Å². The molecule has 10 heteroatoms. The van der Waals surface area contributed by atoms with E-state index in [2.05, 4.69) is 4.98 Å². The molecule has 4 rings (SSSR count). The highest BCUT2D eigenvalue weighted by molar-refractivity contribution is 7.14. The lowest BCUT2D eigenvalue weighted by Crippen LogP contribution is -2.28. The number of ether oxygens (including phenoxy) is 2. The largest absolute Gasteiger partial charge is 0.493 e. The predicted molar refractivity (Wildman–Crippen MR) is 109 cm³/mol. The first-order chi connectivity index (χ1) is 14.7. The Morgan fingerprint density at radius 3 is 2.58 bits per heavy atom. The van der Waals surface area contributed by atoms with Gasteiger partial charge >= 0.3 is 12.1 Å². The minimum absolute atomic E-state index is 0.00858. The number of allylic oxidation sites excluding steroid dienone is 1. The third kappa shape index (κ3) is 3.96. The lowest BCUT2D eigenvalue weighted by molar-refractivity contribution is -0.176. The number of halogens is 3. The smallest absolute Gasteiger partial charge is 0.392 e. The summed E-state index contributed by atoms with van der Waals surface area (Å²) in [5, 5.41) is 11.2. The molecule has 166 valence electrons. The molecule has 1 aliphatic carbocycles. The summed E-state index contributed by atoms with van der Waals surface area (Å²) in [5.41, 5.74) is 2.32. The summed E-state index contributed by atoms with van der Waals surface area (Å²) < 4.78 is 50.8. The van der Waals surface area contributed by atoms with E-state index >= 15 is 0 Å². The fourth-order valence-electron chi connectivity index (χ4n) is 4.34. The molecular weight excluding hydrogens is 433 g/mol. The Morgan fingerprint density at radius 1 is 1.23 bits per heavy atom. The number of nitrogens with zero attached hydrogens (tertiary/aromatic N) is 2. The molecule has 2 aliphatic rings. The fourth-order valence-corrected chi connectivity index (χ4v) is 5.21. The maximum atomic E-state index is 13.4. The van der Waals surface area contributed by atoms with Crippen LogP contribution in [0.25, 0.3) is 0 Å². The highest BCUT2D eigenvalue weighted by Crippen LogP contribution is 2.52. The SMILES string of the molecule is COc1ccc(C2CC3=C(CCC(C(F)(F)F)C3)N2c2nc(C(=O)O)cs2)cc1OC. The third-order valence-electron chi connectivity index (χ3n) is 5.85. The summed E-state index contributed by atoms with van der Waals surface area (Å²) in [6.45, 7) is 0. The first-order valence-electron chi connectivity index (χ1n) is 9.70. The average Bonchev–Trinajstić information content (AvgIpc) is 3.36. The van der Waals surface area contributed by atoms with Crippen molar-refractivity contribution in [3.8, 4) is 11.5 Å². The molecule has 0 saturated heterocycles. The number of anilines is 1. The Balaban J connectivity index is 1.75. The Labute approximate surface area is 180 Å². The molecule has 0 amide bonds. The Kier molecular flexibility index (Phi) is 5.59. The van der Waals surface area contributed by atoms with Gasteiger partial charge in [0.2, 0.25) is 0 Å². The molecule has 1 N–H and O–H groups in total. The van der Waals surface area contributed by atoms with E-state index in [1.54, 1.807) is 6.07 Å². The molecule has 2 aromatic rings. The van der Waals surface area contributed by atoms with Crippen LogP contribution in [0.5, 0.6) is 11.5 Å². The molecular formula is C21H21F3N2O4S. The Morgan fingerprint density at radius 2 is 1.97 bits per heavy atom. The van der Waals surface area contributed by atoms with Crippen LogP contribution in [0.1, 0.15) is 47.8 Å². The number of methoxy groups -OCH3 is 2. The molecule has 31 heavy (non-hydrogen) atoms. The van der Waals surface area contributed by atoms with Gasteiger partial charge in [-0.3, -0.25) is 0 Å². The first kappa shape index (κ1) is 21.5. The Hall–Kier alpha value is -2.75. The molecule has 0 spiro atoms. The monoisotopic (exact) mass is 454 g/mol. The average molecular weight is 454 g/mol. The maximum Gasteiger partial charge on any atom is 0.392 e. The van der Waals surface area contributed by atoms with Gasteiger partial charge in [-0.25, -0.2) is 9.78 Å². The number of alkyl halides is 3. The summed E-state index contributed by atoms with van der Waals surface area (Å²) in [4.78, 5) is 17.5. The van der Waals surface area contributed by atoms with Crippen molar-refractivity contribution in [2.75, 3.05) is 19.1 Å². The van der Waals surface area contributed by atoms with Crippen LogP contribution in [0, 0.1) is 5.92 Å². The summed E-state index contributed by atoms with van der Waals surface area (Å²) >= 11 is 1.17. The van der Waals surface area contributed by atoms with Crippen molar-refractivity contribution in [2.24, 2.45) is 5.92 Å². The van der Waals surface area contributed by atoms with E-state index < -0.39 is 18.1 Å². The second kappa shape index (κ2) is 8.07. The molecule has 0 radical (unpaired) electrons. The molecule has 2 heterocycles. The van der Waals surface area contributed by atoms with Crippen molar-refractivity contribution < 1.29 is 32.5 Å². The van der Waals surface area contributed by atoms with Gasteiger partial charge in [-0.1, -0.05) is 6.07 Å². The Bertz CT molecular complexity index is 1030. The van der Waals surface area contributed by atoms with Gasteiger partial charge in [-0.2, -0.15) is 13.2 Å². The van der Waals surface area contributed by atoms with Gasteiger partial charge in [0, 0.05) is 11.1 Å². The first-order valence-corrected chi connectivity index (χ1v) is 10.6. The van der Waals surface area contributed by atoms with Crippen molar-refractivity contribution in [2.45, 2.75) is 37.9 Å². The van der Waals surface area contributed by atoms with Gasteiger partial charge in [0.1, 0.15) is 0 Å². The molecule has 1 aromatic heterocycles. The van der Waals surface area contributed by atoms with E-state index in [1.165, 1.54) is 30.9 Å². The number of thiazole rings is 1. The molecule has 0 fully saturated rings. The molecule has 1 aliphatic heterocycles. The second-order valence-electron chi connectivity index (χ2n) is 7.56. The van der Waals surface area contributed by atoms with Gasteiger partial charge in [0.25, 0.3) is 0 Å². The van der Waals surface area contributed by atoms with Crippen LogP contribution in [0.4, 0.5) is 18.3 Å². The third-order valence-corrected chi connectivity index (χ3v) is 6.69. The van der Waals surface area contributed by atoms with Crippen LogP contribution < -0.4 is 14.4 Å². The number of carbonyl (C=O) groups is 1. The second-order valence-corrected chi connectivity index (χ2v) is 8.39. The van der Waals surface area contributed by atoms with E-state index in [4.69, 9.17) is 9.47 Å². The van der Waals surface area contributed by atoms with E-state index in [-0.39, 0.29) is 31.0 Å². The van der Waals surface area contributed by atoms with Gasteiger partial charge in [0.15, 0.2) is 22.3 Å². The summed E-state index contributed by atoms with van der Waals surface area (Å²) in [7, 11) is 3.05. The number of aromatic carboxylic acids is 1. The number of rotatable bonds is 5. The van der Waals surface area contributed by atoms with Crippen molar-refractivity contribution in [3.05, 3.63) is 46.1 Å². The quantitative estimate of drug-likeness (QED) is 0.650. The van der Waals surface area contributed by atoms with Crippen molar-refractivity contribution in [3.63, 3.8) is 0 Å².